The maximum absolute atomic E-state index is 12.9. The highest BCUT2D eigenvalue weighted by molar-refractivity contribution is 7.87. The molecule has 1 aromatic rings. The zero-order valence-corrected chi connectivity index (χ0v) is 11.4. The van der Waals surface area contributed by atoms with Crippen LogP contribution in [0.25, 0.3) is 0 Å². The summed E-state index contributed by atoms with van der Waals surface area (Å²) in [5.74, 6) is -0.595. The number of carbonyl (C=O) groups excluding carboxylic acids is 1. The standard InChI is InChI=1S/C12H14FNO4S/c1-7-3-8(2)12(16)10(4-7)14-6-9(5-11(14)15)19(13,17)18/h3-4,9,16H,5-6H2,1-2H3. The number of hydrogen-bond acceptors (Lipinski definition) is 4. The van der Waals surface area contributed by atoms with Crippen molar-refractivity contribution in [3.8, 4) is 5.75 Å². The van der Waals surface area contributed by atoms with Gasteiger partial charge in [0.1, 0.15) is 11.0 Å². The molecule has 1 heterocycles. The van der Waals surface area contributed by atoms with Gasteiger partial charge in [-0.25, -0.2) is 0 Å². The first-order valence-corrected chi connectivity index (χ1v) is 7.19. The zero-order valence-electron chi connectivity index (χ0n) is 10.6. The molecule has 1 aliphatic heterocycles. The molecule has 1 unspecified atom stereocenters. The van der Waals surface area contributed by atoms with Crippen LogP contribution in [0.3, 0.4) is 0 Å². The van der Waals surface area contributed by atoms with E-state index in [1.165, 1.54) is 0 Å². The van der Waals surface area contributed by atoms with Crippen molar-refractivity contribution in [2.45, 2.75) is 25.5 Å². The lowest BCUT2D eigenvalue weighted by atomic mass is 10.1. The second-order valence-corrected chi connectivity index (χ2v) is 6.37. The minimum Gasteiger partial charge on any atom is -0.505 e. The summed E-state index contributed by atoms with van der Waals surface area (Å²) in [6.45, 7) is 3.20. The van der Waals surface area contributed by atoms with Crippen LogP contribution in [0.5, 0.6) is 5.75 Å². The van der Waals surface area contributed by atoms with E-state index in [9.17, 15) is 22.2 Å². The van der Waals surface area contributed by atoms with Crippen LogP contribution < -0.4 is 4.90 Å². The summed E-state index contributed by atoms with van der Waals surface area (Å²) in [7, 11) is -4.75. The van der Waals surface area contributed by atoms with Crippen LogP contribution in [-0.2, 0) is 15.0 Å². The van der Waals surface area contributed by atoms with Crippen LogP contribution in [0.2, 0.25) is 0 Å². The Kier molecular flexibility index (Phi) is 3.25. The molecule has 104 valence electrons. The Labute approximate surface area is 110 Å². The van der Waals surface area contributed by atoms with Crippen molar-refractivity contribution in [3.05, 3.63) is 23.3 Å². The summed E-state index contributed by atoms with van der Waals surface area (Å²) in [6, 6.07) is 3.32. The number of aryl methyl sites for hydroxylation is 2. The fourth-order valence-corrected chi connectivity index (χ4v) is 2.91. The van der Waals surface area contributed by atoms with Crippen LogP contribution in [0.4, 0.5) is 9.57 Å². The summed E-state index contributed by atoms with van der Waals surface area (Å²) in [6.07, 6.45) is -0.398. The Balaban J connectivity index is 2.41. The van der Waals surface area contributed by atoms with Crippen LogP contribution in [0.15, 0.2) is 12.1 Å². The van der Waals surface area contributed by atoms with Crippen molar-refractivity contribution < 1.29 is 22.2 Å². The lowest BCUT2D eigenvalue weighted by Gasteiger charge is -2.19. The highest BCUT2D eigenvalue weighted by Crippen LogP contribution is 2.35. The average molecular weight is 287 g/mol. The first-order chi connectivity index (χ1) is 8.70. The van der Waals surface area contributed by atoms with Gasteiger partial charge in [-0.15, -0.1) is 3.89 Å². The molecule has 0 bridgehead atoms. The molecule has 1 saturated heterocycles. The van der Waals surface area contributed by atoms with Crippen molar-refractivity contribution in [1.82, 2.24) is 0 Å². The molecule has 5 nitrogen and oxygen atoms in total. The van der Waals surface area contributed by atoms with E-state index >= 15 is 0 Å². The number of amides is 1. The molecule has 1 atom stereocenters. The third-order valence-corrected chi connectivity index (χ3v) is 4.32. The van der Waals surface area contributed by atoms with Gasteiger partial charge in [-0.1, -0.05) is 6.07 Å². The number of carbonyl (C=O) groups is 1. The molecule has 1 aliphatic rings. The molecule has 1 aromatic carbocycles. The third kappa shape index (κ3) is 2.56. The SMILES string of the molecule is Cc1cc(C)c(O)c(N2CC(S(=O)(=O)F)CC2=O)c1. The molecule has 0 spiro atoms. The molecule has 0 aromatic heterocycles. The third-order valence-electron chi connectivity index (χ3n) is 3.20. The van der Waals surface area contributed by atoms with Crippen molar-refractivity contribution in [1.29, 1.82) is 0 Å². The highest BCUT2D eigenvalue weighted by atomic mass is 32.3. The van der Waals surface area contributed by atoms with Gasteiger partial charge >= 0.3 is 10.2 Å². The molecule has 0 radical (unpaired) electrons. The number of aromatic hydroxyl groups is 1. The number of phenols is 1. The van der Waals surface area contributed by atoms with Crippen LogP contribution in [0, 0.1) is 13.8 Å². The molecule has 0 aliphatic carbocycles. The predicted molar refractivity (Wildman–Crippen MR) is 68.4 cm³/mol. The number of rotatable bonds is 2. The quantitative estimate of drug-likeness (QED) is 0.835. The van der Waals surface area contributed by atoms with E-state index in [0.29, 0.717) is 5.56 Å². The number of phenolic OH excluding ortho intramolecular Hbond substituents is 1. The van der Waals surface area contributed by atoms with Crippen LogP contribution >= 0.6 is 0 Å². The van der Waals surface area contributed by atoms with Gasteiger partial charge in [-0.05, 0) is 31.0 Å². The predicted octanol–water partition coefficient (Wildman–Crippen LogP) is 1.41. The van der Waals surface area contributed by atoms with Gasteiger partial charge in [0.2, 0.25) is 5.91 Å². The van der Waals surface area contributed by atoms with E-state index in [2.05, 4.69) is 0 Å². The van der Waals surface area contributed by atoms with Crippen LogP contribution in [-0.4, -0.2) is 31.2 Å². The van der Waals surface area contributed by atoms with Crippen molar-refractivity contribution in [2.75, 3.05) is 11.4 Å². The minimum absolute atomic E-state index is 0.0872. The molecule has 7 heteroatoms. The van der Waals surface area contributed by atoms with Gasteiger partial charge in [-0.3, -0.25) is 4.79 Å². The van der Waals surface area contributed by atoms with E-state index in [4.69, 9.17) is 0 Å². The molecule has 1 fully saturated rings. The topological polar surface area (TPSA) is 74.7 Å². The number of anilines is 1. The summed E-state index contributed by atoms with van der Waals surface area (Å²) < 4.78 is 34.7. The summed E-state index contributed by atoms with van der Waals surface area (Å²) in [5, 5.41) is 8.59. The normalized spacial score (nSPS) is 20.1. The Hall–Kier alpha value is -1.63. The smallest absolute Gasteiger partial charge is 0.307 e. The molecular weight excluding hydrogens is 273 g/mol. The molecule has 1 N–H and O–H groups in total. The molecule has 19 heavy (non-hydrogen) atoms. The summed E-state index contributed by atoms with van der Waals surface area (Å²) in [5.41, 5.74) is 1.63. The molecule has 0 saturated carbocycles. The van der Waals surface area contributed by atoms with Gasteiger partial charge in [0.25, 0.3) is 0 Å². The average Bonchev–Trinajstić information content (AvgIpc) is 2.65. The second-order valence-electron chi connectivity index (χ2n) is 4.76. The molecule has 2 rings (SSSR count). The maximum atomic E-state index is 12.9. The lowest BCUT2D eigenvalue weighted by Crippen LogP contribution is -2.27. The van der Waals surface area contributed by atoms with E-state index in [-0.39, 0.29) is 18.0 Å². The summed E-state index contributed by atoms with van der Waals surface area (Å²) in [4.78, 5) is 12.9. The number of benzene rings is 1. The van der Waals surface area contributed by atoms with Gasteiger partial charge in [0.05, 0.1) is 5.69 Å². The maximum Gasteiger partial charge on any atom is 0.307 e. The summed E-state index contributed by atoms with van der Waals surface area (Å²) >= 11 is 0. The Morgan fingerprint density at radius 1 is 1.37 bits per heavy atom. The van der Waals surface area contributed by atoms with Gasteiger partial charge in [-0.2, -0.15) is 8.42 Å². The Morgan fingerprint density at radius 3 is 2.53 bits per heavy atom. The Bertz CT molecular complexity index is 641. The number of nitrogens with zero attached hydrogens (tertiary/aromatic N) is 1. The van der Waals surface area contributed by atoms with E-state index < -0.39 is 27.8 Å². The largest absolute Gasteiger partial charge is 0.505 e. The van der Waals surface area contributed by atoms with E-state index in [0.717, 1.165) is 10.5 Å². The fourth-order valence-electron chi connectivity index (χ4n) is 2.24. The zero-order chi connectivity index (χ0) is 14.4. The van der Waals surface area contributed by atoms with Gasteiger partial charge in [0, 0.05) is 13.0 Å². The molecule has 1 amide bonds. The van der Waals surface area contributed by atoms with Gasteiger partial charge in [0.15, 0.2) is 0 Å². The molecular formula is C12H14FNO4S. The van der Waals surface area contributed by atoms with E-state index in [1.807, 2.05) is 0 Å². The number of halogens is 1. The van der Waals surface area contributed by atoms with Crippen molar-refractivity contribution in [2.24, 2.45) is 0 Å². The first kappa shape index (κ1) is 13.8. The fraction of sp³-hybridized carbons (Fsp3) is 0.417. The van der Waals surface area contributed by atoms with Gasteiger partial charge < -0.3 is 10.0 Å². The minimum atomic E-state index is -4.75. The Morgan fingerprint density at radius 2 is 2.00 bits per heavy atom. The number of hydrogen-bond donors (Lipinski definition) is 1. The second kappa shape index (κ2) is 4.48. The highest BCUT2D eigenvalue weighted by Gasteiger charge is 2.40. The van der Waals surface area contributed by atoms with Crippen molar-refractivity contribution in [3.63, 3.8) is 0 Å². The van der Waals surface area contributed by atoms with E-state index in [1.54, 1.807) is 26.0 Å². The first-order valence-electron chi connectivity index (χ1n) is 5.74. The lowest BCUT2D eigenvalue weighted by molar-refractivity contribution is -0.117. The van der Waals surface area contributed by atoms with Crippen LogP contribution in [0.1, 0.15) is 17.5 Å². The monoisotopic (exact) mass is 287 g/mol. The van der Waals surface area contributed by atoms with Crippen molar-refractivity contribution >= 4 is 21.8 Å².